The van der Waals surface area contributed by atoms with Crippen LogP contribution >= 0.6 is 0 Å². The van der Waals surface area contributed by atoms with Crippen LogP contribution in [0.2, 0.25) is 0 Å². The van der Waals surface area contributed by atoms with Crippen LogP contribution in [0.4, 0.5) is 0 Å². The van der Waals surface area contributed by atoms with Crippen molar-refractivity contribution in [3.8, 4) is 0 Å². The summed E-state index contributed by atoms with van der Waals surface area (Å²) >= 11 is 0. The Morgan fingerprint density at radius 1 is 1.25 bits per heavy atom. The average Bonchev–Trinajstić information content (AvgIpc) is 2.25. The molecular formula is C13H19NO2. The highest BCUT2D eigenvalue weighted by Gasteiger charge is 2.20. The molecule has 3 heteroatoms. The standard InChI is InChI=1S/C13H19NO2/c1-10(2)14(9-13(15)16)11(3)12-7-5-4-6-8-12/h4-8,10-11H,9H2,1-3H3,(H,15,16). The molecule has 0 fully saturated rings. The second kappa shape index (κ2) is 5.66. The normalized spacial score (nSPS) is 13.1. The molecule has 0 aromatic heterocycles. The van der Waals surface area contributed by atoms with Crippen LogP contribution in [0, 0.1) is 0 Å². The maximum atomic E-state index is 10.8. The van der Waals surface area contributed by atoms with Gasteiger partial charge in [0.15, 0.2) is 0 Å². The monoisotopic (exact) mass is 221 g/mol. The summed E-state index contributed by atoms with van der Waals surface area (Å²) < 4.78 is 0. The largest absolute Gasteiger partial charge is 0.480 e. The van der Waals surface area contributed by atoms with Crippen molar-refractivity contribution >= 4 is 5.97 Å². The molecule has 88 valence electrons. The first-order chi connectivity index (χ1) is 7.52. The summed E-state index contributed by atoms with van der Waals surface area (Å²) in [5.74, 6) is -0.781. The lowest BCUT2D eigenvalue weighted by atomic mass is 10.1. The van der Waals surface area contributed by atoms with Crippen LogP contribution in [-0.2, 0) is 4.79 Å². The molecule has 0 saturated carbocycles. The van der Waals surface area contributed by atoms with Crippen molar-refractivity contribution in [2.45, 2.75) is 32.9 Å². The maximum absolute atomic E-state index is 10.8. The summed E-state index contributed by atoms with van der Waals surface area (Å²) in [6.07, 6.45) is 0. The van der Waals surface area contributed by atoms with Crippen LogP contribution in [0.3, 0.4) is 0 Å². The zero-order chi connectivity index (χ0) is 12.1. The Balaban J connectivity index is 2.83. The van der Waals surface area contributed by atoms with Gasteiger partial charge in [0.1, 0.15) is 0 Å². The van der Waals surface area contributed by atoms with E-state index < -0.39 is 5.97 Å². The van der Waals surface area contributed by atoms with E-state index in [-0.39, 0.29) is 18.6 Å². The maximum Gasteiger partial charge on any atom is 0.317 e. The highest BCUT2D eigenvalue weighted by molar-refractivity contribution is 5.69. The first-order valence-corrected chi connectivity index (χ1v) is 5.55. The van der Waals surface area contributed by atoms with E-state index in [1.165, 1.54) is 0 Å². The second-order valence-corrected chi connectivity index (χ2v) is 4.25. The number of hydrogen-bond acceptors (Lipinski definition) is 2. The van der Waals surface area contributed by atoms with Crippen molar-refractivity contribution in [3.05, 3.63) is 35.9 Å². The number of benzene rings is 1. The molecule has 0 aliphatic rings. The third-order valence-electron chi connectivity index (χ3n) is 2.76. The summed E-state index contributed by atoms with van der Waals surface area (Å²) in [6, 6.07) is 10.3. The van der Waals surface area contributed by atoms with Gasteiger partial charge in [-0.3, -0.25) is 9.69 Å². The van der Waals surface area contributed by atoms with Crippen LogP contribution in [-0.4, -0.2) is 28.6 Å². The molecule has 0 spiro atoms. The van der Waals surface area contributed by atoms with Gasteiger partial charge in [0.25, 0.3) is 0 Å². The minimum Gasteiger partial charge on any atom is -0.480 e. The Bertz CT molecular complexity index is 335. The van der Waals surface area contributed by atoms with Gasteiger partial charge in [-0.2, -0.15) is 0 Å². The van der Waals surface area contributed by atoms with Crippen LogP contribution in [0.25, 0.3) is 0 Å². The van der Waals surface area contributed by atoms with Crippen molar-refractivity contribution in [2.75, 3.05) is 6.54 Å². The molecule has 0 aliphatic carbocycles. The molecule has 1 aromatic carbocycles. The Labute approximate surface area is 96.7 Å². The van der Waals surface area contributed by atoms with Crippen molar-refractivity contribution in [2.24, 2.45) is 0 Å². The smallest absolute Gasteiger partial charge is 0.317 e. The summed E-state index contributed by atoms with van der Waals surface area (Å²) in [6.45, 7) is 6.15. The van der Waals surface area contributed by atoms with Crippen LogP contribution in [0.15, 0.2) is 30.3 Å². The van der Waals surface area contributed by atoms with Crippen LogP contribution in [0.1, 0.15) is 32.4 Å². The molecular weight excluding hydrogens is 202 g/mol. The van der Waals surface area contributed by atoms with E-state index >= 15 is 0 Å². The molecule has 0 bridgehead atoms. The lowest BCUT2D eigenvalue weighted by Gasteiger charge is -2.31. The van der Waals surface area contributed by atoms with E-state index in [1.54, 1.807) is 0 Å². The van der Waals surface area contributed by atoms with Gasteiger partial charge >= 0.3 is 5.97 Å². The molecule has 1 rings (SSSR count). The number of rotatable bonds is 5. The third kappa shape index (κ3) is 3.35. The summed E-state index contributed by atoms with van der Waals surface area (Å²) in [5, 5.41) is 8.89. The molecule has 3 nitrogen and oxygen atoms in total. The Kier molecular flexibility index (Phi) is 4.50. The molecule has 1 aromatic rings. The van der Waals surface area contributed by atoms with Gasteiger partial charge in [0.05, 0.1) is 6.54 Å². The first-order valence-electron chi connectivity index (χ1n) is 5.55. The number of carboxylic acids is 1. The highest BCUT2D eigenvalue weighted by Crippen LogP contribution is 2.21. The van der Waals surface area contributed by atoms with Gasteiger partial charge in [0.2, 0.25) is 0 Å². The SMILES string of the molecule is CC(C)N(CC(=O)O)C(C)c1ccccc1. The minimum atomic E-state index is -0.781. The van der Waals surface area contributed by atoms with Crippen molar-refractivity contribution in [1.29, 1.82) is 0 Å². The van der Waals surface area contributed by atoms with Crippen molar-refractivity contribution < 1.29 is 9.90 Å². The van der Waals surface area contributed by atoms with E-state index in [0.717, 1.165) is 5.56 Å². The minimum absolute atomic E-state index is 0.0771. The van der Waals surface area contributed by atoms with Crippen LogP contribution < -0.4 is 0 Å². The predicted molar refractivity (Wildman–Crippen MR) is 64.3 cm³/mol. The van der Waals surface area contributed by atoms with Gasteiger partial charge in [0, 0.05) is 12.1 Å². The highest BCUT2D eigenvalue weighted by atomic mass is 16.4. The summed E-state index contributed by atoms with van der Waals surface area (Å²) in [5.41, 5.74) is 1.15. The van der Waals surface area contributed by atoms with Gasteiger partial charge < -0.3 is 5.11 Å². The molecule has 0 heterocycles. The number of nitrogens with zero attached hydrogens (tertiary/aromatic N) is 1. The Hall–Kier alpha value is -1.35. The molecule has 1 unspecified atom stereocenters. The quantitative estimate of drug-likeness (QED) is 0.830. The summed E-state index contributed by atoms with van der Waals surface area (Å²) in [4.78, 5) is 12.8. The molecule has 1 atom stereocenters. The van der Waals surface area contributed by atoms with Gasteiger partial charge in [-0.1, -0.05) is 30.3 Å². The van der Waals surface area contributed by atoms with E-state index in [9.17, 15) is 4.79 Å². The molecule has 0 amide bonds. The van der Waals surface area contributed by atoms with Gasteiger partial charge in [-0.25, -0.2) is 0 Å². The number of carbonyl (C=O) groups is 1. The lowest BCUT2D eigenvalue weighted by molar-refractivity contribution is -0.139. The lowest BCUT2D eigenvalue weighted by Crippen LogP contribution is -2.37. The van der Waals surface area contributed by atoms with E-state index in [2.05, 4.69) is 0 Å². The fourth-order valence-corrected chi connectivity index (χ4v) is 1.85. The number of hydrogen-bond donors (Lipinski definition) is 1. The molecule has 0 aliphatic heterocycles. The second-order valence-electron chi connectivity index (χ2n) is 4.25. The van der Waals surface area contributed by atoms with Crippen molar-refractivity contribution in [1.82, 2.24) is 4.90 Å². The summed E-state index contributed by atoms with van der Waals surface area (Å²) in [7, 11) is 0. The third-order valence-corrected chi connectivity index (χ3v) is 2.76. The molecule has 0 radical (unpaired) electrons. The van der Waals surface area contributed by atoms with Gasteiger partial charge in [-0.15, -0.1) is 0 Å². The van der Waals surface area contributed by atoms with Crippen molar-refractivity contribution in [3.63, 3.8) is 0 Å². The fraction of sp³-hybridized carbons (Fsp3) is 0.462. The molecule has 0 saturated heterocycles. The van der Waals surface area contributed by atoms with E-state index in [1.807, 2.05) is 56.0 Å². The average molecular weight is 221 g/mol. The zero-order valence-electron chi connectivity index (χ0n) is 10.1. The first kappa shape index (κ1) is 12.7. The topological polar surface area (TPSA) is 40.5 Å². The van der Waals surface area contributed by atoms with Crippen LogP contribution in [0.5, 0.6) is 0 Å². The number of carboxylic acid groups (broad SMARTS) is 1. The van der Waals surface area contributed by atoms with E-state index in [0.29, 0.717) is 0 Å². The predicted octanol–water partition coefficient (Wildman–Crippen LogP) is 2.54. The van der Waals surface area contributed by atoms with E-state index in [4.69, 9.17) is 5.11 Å². The number of aliphatic carboxylic acids is 1. The fourth-order valence-electron chi connectivity index (χ4n) is 1.85. The molecule has 16 heavy (non-hydrogen) atoms. The molecule has 1 N–H and O–H groups in total. The Morgan fingerprint density at radius 2 is 1.81 bits per heavy atom. The zero-order valence-corrected chi connectivity index (χ0v) is 10.1. The van der Waals surface area contributed by atoms with Gasteiger partial charge in [-0.05, 0) is 26.3 Å². The Morgan fingerprint density at radius 3 is 2.25 bits per heavy atom.